The Morgan fingerprint density at radius 3 is 2.68 bits per heavy atom. The van der Waals surface area contributed by atoms with E-state index in [0.29, 0.717) is 42.9 Å². The number of aromatic nitrogens is 3. The van der Waals surface area contributed by atoms with Crippen LogP contribution in [0.5, 0.6) is 5.75 Å². The number of piperazine rings is 1. The fraction of sp³-hybridized carbons (Fsp3) is 0.517. The number of hydrogen-bond donors (Lipinski definition) is 2. The number of carbonyl (C=O) groups is 1. The molecule has 214 valence electrons. The van der Waals surface area contributed by atoms with Crippen LogP contribution in [0.2, 0.25) is 0 Å². The number of aliphatic hydroxyl groups is 1. The van der Waals surface area contributed by atoms with E-state index in [1.165, 1.54) is 0 Å². The van der Waals surface area contributed by atoms with E-state index < -0.39 is 0 Å². The van der Waals surface area contributed by atoms with Crippen LogP contribution >= 0.6 is 0 Å². The standard InChI is InChI=1S/C29H34N8O4/c1-40-6-4-31-29(39)37-20-8-21(37)14-35(13-20)26-3-2-18(11-32-26)23-9-22(15-36-27(23)19(10-30)12-33-36)41-7-5-34-16-24-25(17-34)28(24)38/h2-3,9,11-12,15,20-21,24-25,28,38H,4-8,13-14,16-17H2,1H3,(H,31,39). The first kappa shape index (κ1) is 26.0. The Bertz CT molecular complexity index is 1460. The highest BCUT2D eigenvalue weighted by atomic mass is 16.5. The van der Waals surface area contributed by atoms with Crippen LogP contribution in [0.3, 0.4) is 0 Å². The Morgan fingerprint density at radius 2 is 1.98 bits per heavy atom. The van der Waals surface area contributed by atoms with Crippen LogP contribution in [0.4, 0.5) is 10.6 Å². The first-order chi connectivity index (χ1) is 20.0. The molecule has 0 spiro atoms. The minimum Gasteiger partial charge on any atom is -0.491 e. The van der Waals surface area contributed by atoms with Crippen LogP contribution < -0.4 is 15.0 Å². The van der Waals surface area contributed by atoms with E-state index in [9.17, 15) is 15.2 Å². The lowest BCUT2D eigenvalue weighted by atomic mass is 9.88. The van der Waals surface area contributed by atoms with Crippen LogP contribution in [0, 0.1) is 23.2 Å². The van der Waals surface area contributed by atoms with Crippen molar-refractivity contribution in [1.82, 2.24) is 29.7 Å². The number of hydrogen-bond acceptors (Lipinski definition) is 9. The van der Waals surface area contributed by atoms with Crippen molar-refractivity contribution < 1.29 is 19.4 Å². The molecule has 4 aliphatic heterocycles. The van der Waals surface area contributed by atoms with Crippen molar-refractivity contribution in [2.45, 2.75) is 24.6 Å². The second kappa shape index (κ2) is 10.5. The molecule has 3 aromatic rings. The summed E-state index contributed by atoms with van der Waals surface area (Å²) < 4.78 is 12.9. The number of methoxy groups -OCH3 is 1. The first-order valence-electron chi connectivity index (χ1n) is 14.2. The summed E-state index contributed by atoms with van der Waals surface area (Å²) in [6.07, 6.45) is 6.11. The van der Waals surface area contributed by atoms with Crippen LogP contribution in [-0.2, 0) is 4.74 Å². The molecular formula is C29H34N8O4. The number of likely N-dealkylation sites (tertiary alicyclic amines) is 1. The minimum absolute atomic E-state index is 0.0256. The molecular weight excluding hydrogens is 524 g/mol. The van der Waals surface area contributed by atoms with E-state index in [2.05, 4.69) is 26.3 Å². The molecule has 5 aliphatic rings. The van der Waals surface area contributed by atoms with Gasteiger partial charge in [-0.25, -0.2) is 14.3 Å². The Balaban J connectivity index is 1.04. The van der Waals surface area contributed by atoms with Crippen molar-refractivity contribution in [3.63, 3.8) is 0 Å². The van der Waals surface area contributed by atoms with E-state index in [1.807, 2.05) is 35.5 Å². The summed E-state index contributed by atoms with van der Waals surface area (Å²) >= 11 is 0. The molecule has 41 heavy (non-hydrogen) atoms. The number of anilines is 1. The highest BCUT2D eigenvalue weighted by Crippen LogP contribution is 2.45. The number of ether oxygens (including phenoxy) is 2. The monoisotopic (exact) mass is 558 g/mol. The highest BCUT2D eigenvalue weighted by Gasteiger charge is 2.54. The second-order valence-electron chi connectivity index (χ2n) is 11.5. The third-order valence-electron chi connectivity index (χ3n) is 9.00. The fourth-order valence-electron chi connectivity index (χ4n) is 6.75. The quantitative estimate of drug-likeness (QED) is 0.372. The lowest BCUT2D eigenvalue weighted by Gasteiger charge is -2.56. The largest absolute Gasteiger partial charge is 0.491 e. The molecule has 2 bridgehead atoms. The number of urea groups is 1. The van der Waals surface area contributed by atoms with E-state index in [0.717, 1.165) is 61.6 Å². The maximum Gasteiger partial charge on any atom is 0.318 e. The Kier molecular flexibility index (Phi) is 6.65. The number of piperidine rings is 2. The summed E-state index contributed by atoms with van der Waals surface area (Å²) in [7, 11) is 1.62. The topological polar surface area (TPSA) is 131 Å². The van der Waals surface area contributed by atoms with Crippen molar-refractivity contribution in [1.29, 1.82) is 5.26 Å². The van der Waals surface area contributed by atoms with E-state index in [4.69, 9.17) is 14.5 Å². The van der Waals surface area contributed by atoms with Crippen molar-refractivity contribution in [2.75, 3.05) is 64.5 Å². The van der Waals surface area contributed by atoms with Crippen LogP contribution in [0.25, 0.3) is 16.6 Å². The number of nitrogens with one attached hydrogen (secondary N) is 1. The van der Waals surface area contributed by atoms with E-state index >= 15 is 0 Å². The van der Waals surface area contributed by atoms with E-state index in [-0.39, 0.29) is 24.2 Å². The molecule has 1 aliphatic carbocycles. The van der Waals surface area contributed by atoms with Gasteiger partial charge in [-0.2, -0.15) is 10.4 Å². The Hall–Kier alpha value is -3.92. The van der Waals surface area contributed by atoms with Gasteiger partial charge in [-0.05, 0) is 24.6 Å². The van der Waals surface area contributed by atoms with Gasteiger partial charge in [0, 0.05) is 75.5 Å². The van der Waals surface area contributed by atoms with Gasteiger partial charge in [-0.3, -0.25) is 4.90 Å². The predicted molar refractivity (Wildman–Crippen MR) is 150 cm³/mol. The molecule has 8 rings (SSSR count). The Labute approximate surface area is 238 Å². The second-order valence-corrected chi connectivity index (χ2v) is 11.5. The summed E-state index contributed by atoms with van der Waals surface area (Å²) in [6.45, 7) is 5.68. The van der Waals surface area contributed by atoms with Gasteiger partial charge in [0.05, 0.1) is 48.3 Å². The van der Waals surface area contributed by atoms with Crippen LogP contribution in [0.1, 0.15) is 12.0 Å². The van der Waals surface area contributed by atoms with Crippen LogP contribution in [-0.4, -0.2) is 113 Å². The summed E-state index contributed by atoms with van der Waals surface area (Å²) in [5.74, 6) is 2.41. The summed E-state index contributed by atoms with van der Waals surface area (Å²) in [4.78, 5) is 23.9. The number of carbonyl (C=O) groups excluding carboxylic acids is 1. The normalized spacial score (nSPS) is 26.4. The molecule has 7 heterocycles. The smallest absolute Gasteiger partial charge is 0.318 e. The molecule has 12 heteroatoms. The average Bonchev–Trinajstić information content (AvgIpc) is 3.32. The minimum atomic E-state index is -0.112. The molecule has 0 aromatic carbocycles. The van der Waals surface area contributed by atoms with Gasteiger partial charge < -0.3 is 29.7 Å². The number of amides is 2. The number of aliphatic hydroxyl groups excluding tert-OH is 1. The summed E-state index contributed by atoms with van der Waals surface area (Å²) in [5.41, 5.74) is 2.92. The van der Waals surface area contributed by atoms with Crippen molar-refractivity contribution in [3.8, 4) is 22.9 Å². The summed E-state index contributed by atoms with van der Waals surface area (Å²) in [5, 5.41) is 26.8. The first-order valence-corrected chi connectivity index (χ1v) is 14.2. The molecule has 3 aromatic heterocycles. The van der Waals surface area contributed by atoms with Gasteiger partial charge in [0.25, 0.3) is 0 Å². The van der Waals surface area contributed by atoms with Gasteiger partial charge in [-0.15, -0.1) is 0 Å². The zero-order valence-electron chi connectivity index (χ0n) is 23.0. The average molecular weight is 559 g/mol. The molecule has 5 fully saturated rings. The maximum atomic E-state index is 12.6. The molecule has 4 atom stereocenters. The highest BCUT2D eigenvalue weighted by molar-refractivity contribution is 5.85. The molecule has 12 nitrogen and oxygen atoms in total. The number of pyridine rings is 2. The maximum absolute atomic E-state index is 12.6. The molecule has 4 saturated heterocycles. The number of rotatable bonds is 9. The van der Waals surface area contributed by atoms with Gasteiger partial charge in [0.2, 0.25) is 0 Å². The van der Waals surface area contributed by atoms with Gasteiger partial charge in [0.15, 0.2) is 0 Å². The zero-order chi connectivity index (χ0) is 28.1. The molecule has 4 unspecified atom stereocenters. The SMILES string of the molecule is COCCNC(=O)N1C2CC1CN(c1ccc(-c3cc(OCCN4CC5C(O)C5C4)cn4ncc(C#N)c34)cn1)C2. The predicted octanol–water partition coefficient (Wildman–Crippen LogP) is 1.19. The van der Waals surface area contributed by atoms with Crippen LogP contribution in [0.15, 0.2) is 36.8 Å². The number of fused-ring (bicyclic) bond motifs is 4. The van der Waals surface area contributed by atoms with Gasteiger partial charge in [-0.1, -0.05) is 0 Å². The molecule has 2 amide bonds. The third kappa shape index (κ3) is 4.73. The van der Waals surface area contributed by atoms with Crippen molar-refractivity contribution in [3.05, 3.63) is 42.4 Å². The zero-order valence-corrected chi connectivity index (χ0v) is 23.0. The van der Waals surface area contributed by atoms with Crippen molar-refractivity contribution >= 4 is 17.4 Å². The van der Waals surface area contributed by atoms with E-state index in [1.54, 1.807) is 17.8 Å². The molecule has 0 radical (unpaired) electrons. The summed E-state index contributed by atoms with van der Waals surface area (Å²) in [6, 6.07) is 8.55. The van der Waals surface area contributed by atoms with Gasteiger partial charge in [0.1, 0.15) is 24.2 Å². The lowest BCUT2D eigenvalue weighted by molar-refractivity contribution is 0.0359. The Morgan fingerprint density at radius 1 is 1.17 bits per heavy atom. The van der Waals surface area contributed by atoms with Crippen molar-refractivity contribution in [2.24, 2.45) is 11.8 Å². The molecule has 1 saturated carbocycles. The molecule has 2 N–H and O–H groups in total. The number of nitriles is 1. The fourth-order valence-corrected chi connectivity index (χ4v) is 6.75. The van der Waals surface area contributed by atoms with Gasteiger partial charge >= 0.3 is 6.03 Å². The lowest BCUT2D eigenvalue weighted by Crippen LogP contribution is -2.71. The number of nitrogens with zero attached hydrogens (tertiary/aromatic N) is 7. The third-order valence-corrected chi connectivity index (χ3v) is 9.00.